The molecule has 0 unspecified atom stereocenters. The number of nitrogens with zero attached hydrogens (tertiary/aromatic N) is 3. The van der Waals surface area contributed by atoms with Crippen molar-refractivity contribution in [2.24, 2.45) is 0 Å². The van der Waals surface area contributed by atoms with Crippen molar-refractivity contribution in [3.63, 3.8) is 0 Å². The lowest BCUT2D eigenvalue weighted by Crippen LogP contribution is -2.11. The second-order valence-corrected chi connectivity index (χ2v) is 5.90. The van der Waals surface area contributed by atoms with Gasteiger partial charge in [0, 0.05) is 24.2 Å². The van der Waals surface area contributed by atoms with Gasteiger partial charge in [0.1, 0.15) is 11.3 Å². The van der Waals surface area contributed by atoms with E-state index in [0.29, 0.717) is 5.69 Å². The molecule has 1 N–H and O–H groups in total. The quantitative estimate of drug-likeness (QED) is 0.626. The van der Waals surface area contributed by atoms with Gasteiger partial charge in [-0.1, -0.05) is 6.07 Å². The molecule has 4 heterocycles. The van der Waals surface area contributed by atoms with Gasteiger partial charge in [-0.2, -0.15) is 0 Å². The molecule has 0 saturated carbocycles. The number of fused-ring (bicyclic) bond motifs is 1. The van der Waals surface area contributed by atoms with E-state index in [4.69, 9.17) is 0 Å². The second-order valence-electron chi connectivity index (χ2n) is 4.96. The number of carbonyl (C=O) groups is 1. The van der Waals surface area contributed by atoms with Crippen LogP contribution in [0.1, 0.15) is 10.5 Å². The third kappa shape index (κ3) is 2.72. The van der Waals surface area contributed by atoms with Crippen molar-refractivity contribution in [2.75, 3.05) is 5.32 Å². The number of hydrogen-bond acceptors (Lipinski definition) is 4. The van der Waals surface area contributed by atoms with Crippen LogP contribution in [-0.4, -0.2) is 20.3 Å². The Balaban J connectivity index is 1.67. The fraction of sp³-hybridized carbons (Fsp3) is 0. The Morgan fingerprint density at radius 3 is 2.83 bits per heavy atom. The summed E-state index contributed by atoms with van der Waals surface area (Å²) in [5, 5.41) is 5.56. The second kappa shape index (κ2) is 5.66. The first-order valence-electron chi connectivity index (χ1n) is 7.05. The van der Waals surface area contributed by atoms with Gasteiger partial charge in [0.05, 0.1) is 10.7 Å². The van der Waals surface area contributed by atoms with Crippen LogP contribution >= 0.6 is 11.3 Å². The third-order valence-corrected chi connectivity index (χ3v) is 4.19. The SMILES string of the molecule is O=C(Nc1cccs1)c1cn2cc(-c3ccccn3)ccc2n1. The molecular formula is C17H12N4OS. The zero-order valence-corrected chi connectivity index (χ0v) is 12.8. The smallest absolute Gasteiger partial charge is 0.276 e. The summed E-state index contributed by atoms with van der Waals surface area (Å²) in [6.45, 7) is 0. The summed E-state index contributed by atoms with van der Waals surface area (Å²) in [7, 11) is 0. The van der Waals surface area contributed by atoms with Gasteiger partial charge in [0.2, 0.25) is 0 Å². The summed E-state index contributed by atoms with van der Waals surface area (Å²) in [5.41, 5.74) is 2.96. The maximum Gasteiger partial charge on any atom is 0.276 e. The molecule has 0 aliphatic rings. The van der Waals surface area contributed by atoms with E-state index < -0.39 is 0 Å². The first-order valence-corrected chi connectivity index (χ1v) is 7.92. The van der Waals surface area contributed by atoms with Gasteiger partial charge in [-0.3, -0.25) is 9.78 Å². The Morgan fingerprint density at radius 1 is 1.09 bits per heavy atom. The summed E-state index contributed by atoms with van der Waals surface area (Å²) in [6, 6.07) is 13.4. The monoisotopic (exact) mass is 320 g/mol. The molecule has 0 atom stereocenters. The lowest BCUT2D eigenvalue weighted by molar-refractivity contribution is 0.102. The van der Waals surface area contributed by atoms with Crippen LogP contribution in [0.15, 0.2) is 66.4 Å². The van der Waals surface area contributed by atoms with Crippen LogP contribution in [0.5, 0.6) is 0 Å². The number of amides is 1. The molecule has 0 fully saturated rings. The van der Waals surface area contributed by atoms with E-state index in [9.17, 15) is 4.79 Å². The van der Waals surface area contributed by atoms with Gasteiger partial charge in [0.25, 0.3) is 5.91 Å². The van der Waals surface area contributed by atoms with E-state index in [2.05, 4.69) is 15.3 Å². The largest absolute Gasteiger partial charge is 0.312 e. The van der Waals surface area contributed by atoms with Crippen molar-refractivity contribution in [1.82, 2.24) is 14.4 Å². The number of anilines is 1. The molecule has 0 bridgehead atoms. The minimum Gasteiger partial charge on any atom is -0.312 e. The molecule has 0 aromatic carbocycles. The van der Waals surface area contributed by atoms with Gasteiger partial charge in [-0.25, -0.2) is 4.98 Å². The summed E-state index contributed by atoms with van der Waals surface area (Å²) in [4.78, 5) is 20.9. The van der Waals surface area contributed by atoms with Crippen LogP contribution < -0.4 is 5.32 Å². The lowest BCUT2D eigenvalue weighted by atomic mass is 10.2. The average Bonchev–Trinajstić information content (AvgIpc) is 3.24. The molecule has 5 nitrogen and oxygen atoms in total. The predicted octanol–water partition coefficient (Wildman–Crippen LogP) is 3.71. The molecule has 0 aliphatic heterocycles. The van der Waals surface area contributed by atoms with Crippen molar-refractivity contribution in [1.29, 1.82) is 0 Å². The highest BCUT2D eigenvalue weighted by atomic mass is 32.1. The number of hydrogen-bond donors (Lipinski definition) is 1. The standard InChI is InChI=1S/C17H12N4OS/c22-17(20-16-5-3-9-23-16)14-11-21-10-12(6-7-15(21)19-14)13-4-1-2-8-18-13/h1-11H,(H,20,22). The summed E-state index contributed by atoms with van der Waals surface area (Å²) in [6.07, 6.45) is 5.41. The van der Waals surface area contributed by atoms with E-state index >= 15 is 0 Å². The van der Waals surface area contributed by atoms with E-state index in [-0.39, 0.29) is 5.91 Å². The number of carbonyl (C=O) groups excluding carboxylic acids is 1. The average molecular weight is 320 g/mol. The number of aromatic nitrogens is 3. The highest BCUT2D eigenvalue weighted by Gasteiger charge is 2.12. The number of nitrogens with one attached hydrogen (secondary N) is 1. The third-order valence-electron chi connectivity index (χ3n) is 3.40. The van der Waals surface area contributed by atoms with E-state index in [1.54, 1.807) is 12.4 Å². The minimum atomic E-state index is -0.212. The maximum absolute atomic E-state index is 12.2. The molecule has 0 saturated heterocycles. The number of rotatable bonds is 3. The first kappa shape index (κ1) is 13.7. The van der Waals surface area contributed by atoms with Gasteiger partial charge >= 0.3 is 0 Å². The Bertz CT molecular complexity index is 961. The highest BCUT2D eigenvalue weighted by molar-refractivity contribution is 7.14. The van der Waals surface area contributed by atoms with Crippen LogP contribution in [0.2, 0.25) is 0 Å². The van der Waals surface area contributed by atoms with Gasteiger partial charge in [-0.05, 0) is 41.8 Å². The van der Waals surface area contributed by atoms with E-state index in [0.717, 1.165) is 21.9 Å². The Morgan fingerprint density at radius 2 is 2.04 bits per heavy atom. The fourth-order valence-corrected chi connectivity index (χ4v) is 2.92. The van der Waals surface area contributed by atoms with Gasteiger partial charge in [0.15, 0.2) is 0 Å². The molecule has 0 aliphatic carbocycles. The summed E-state index contributed by atoms with van der Waals surface area (Å²) >= 11 is 1.48. The van der Waals surface area contributed by atoms with Crippen LogP contribution in [-0.2, 0) is 0 Å². The molecule has 0 spiro atoms. The molecule has 0 radical (unpaired) electrons. The first-order chi connectivity index (χ1) is 11.3. The maximum atomic E-state index is 12.2. The van der Waals surface area contributed by atoms with Crippen LogP contribution in [0.3, 0.4) is 0 Å². The topological polar surface area (TPSA) is 59.3 Å². The van der Waals surface area contributed by atoms with Crippen molar-refractivity contribution >= 4 is 27.9 Å². The molecule has 4 aromatic heterocycles. The van der Waals surface area contributed by atoms with E-state index in [1.165, 1.54) is 11.3 Å². The Kier molecular flexibility index (Phi) is 3.36. The zero-order chi connectivity index (χ0) is 15.6. The van der Waals surface area contributed by atoms with Crippen LogP contribution in [0.25, 0.3) is 16.9 Å². The molecule has 4 aromatic rings. The molecule has 4 rings (SSSR count). The van der Waals surface area contributed by atoms with Crippen molar-refractivity contribution in [3.8, 4) is 11.3 Å². The molecular weight excluding hydrogens is 308 g/mol. The normalized spacial score (nSPS) is 10.8. The van der Waals surface area contributed by atoms with Gasteiger partial charge in [-0.15, -0.1) is 11.3 Å². The van der Waals surface area contributed by atoms with Crippen molar-refractivity contribution in [2.45, 2.75) is 0 Å². The lowest BCUT2D eigenvalue weighted by Gasteiger charge is -2.00. The minimum absolute atomic E-state index is 0.212. The van der Waals surface area contributed by atoms with Crippen LogP contribution in [0.4, 0.5) is 5.00 Å². The number of imidazole rings is 1. The zero-order valence-electron chi connectivity index (χ0n) is 12.0. The molecule has 1 amide bonds. The van der Waals surface area contributed by atoms with Crippen molar-refractivity contribution < 1.29 is 4.79 Å². The van der Waals surface area contributed by atoms with E-state index in [1.807, 2.05) is 58.4 Å². The number of pyridine rings is 2. The van der Waals surface area contributed by atoms with Gasteiger partial charge < -0.3 is 9.72 Å². The summed E-state index contributed by atoms with van der Waals surface area (Å²) < 4.78 is 1.84. The van der Waals surface area contributed by atoms with Crippen LogP contribution in [0, 0.1) is 0 Å². The highest BCUT2D eigenvalue weighted by Crippen LogP contribution is 2.19. The fourth-order valence-electron chi connectivity index (χ4n) is 2.31. The number of thiophene rings is 1. The predicted molar refractivity (Wildman–Crippen MR) is 90.7 cm³/mol. The molecule has 23 heavy (non-hydrogen) atoms. The summed E-state index contributed by atoms with van der Waals surface area (Å²) in [5.74, 6) is -0.212. The Labute approximate surface area is 136 Å². The molecule has 6 heteroatoms. The Hall–Kier alpha value is -2.99. The molecule has 112 valence electrons. The van der Waals surface area contributed by atoms with Crippen molar-refractivity contribution in [3.05, 3.63) is 72.1 Å².